The Morgan fingerprint density at radius 1 is 1.14 bits per heavy atom. The van der Waals surface area contributed by atoms with Crippen molar-refractivity contribution in [2.24, 2.45) is 0 Å². The molecule has 0 N–H and O–H groups in total. The lowest BCUT2D eigenvalue weighted by Gasteiger charge is -2.32. The number of carbonyl (C=O) groups is 1. The van der Waals surface area contributed by atoms with Crippen LogP contribution >= 0.6 is 0 Å². The van der Waals surface area contributed by atoms with Gasteiger partial charge in [-0.2, -0.15) is 4.98 Å². The van der Waals surface area contributed by atoms with Gasteiger partial charge in [0.2, 0.25) is 11.8 Å². The number of methoxy groups -OCH3 is 1. The number of pyridine rings is 1. The predicted octanol–water partition coefficient (Wildman–Crippen LogP) is 2.92. The third-order valence-corrected chi connectivity index (χ3v) is 5.18. The normalized spacial score (nSPS) is 17.4. The highest BCUT2D eigenvalue weighted by atomic mass is 19.1. The van der Waals surface area contributed by atoms with E-state index in [0.29, 0.717) is 22.9 Å². The van der Waals surface area contributed by atoms with Gasteiger partial charge in [0.15, 0.2) is 6.29 Å². The van der Waals surface area contributed by atoms with Gasteiger partial charge in [0, 0.05) is 17.1 Å². The summed E-state index contributed by atoms with van der Waals surface area (Å²) < 4.78 is 37.6. The quantitative estimate of drug-likeness (QED) is 0.561. The van der Waals surface area contributed by atoms with Crippen molar-refractivity contribution in [1.29, 1.82) is 0 Å². The highest BCUT2D eigenvalue weighted by Gasteiger charge is 2.52. The number of ether oxygens (including phenoxy) is 2. The standard InChI is InChI=1S/C20H23BFNO5/c1-19(2)20(3,4)28-21(27-19)15-8-6-7-14(17(15)22)12-26-16-10-9-13(11-24)18(23-16)25-5/h6-11H,12H2,1-5H3. The average Bonchev–Trinajstić information content (AvgIpc) is 2.87. The Kier molecular flexibility index (Phi) is 5.45. The minimum atomic E-state index is -0.796. The van der Waals surface area contributed by atoms with Crippen molar-refractivity contribution in [3.05, 3.63) is 47.3 Å². The molecule has 8 heteroatoms. The van der Waals surface area contributed by atoms with Gasteiger partial charge in [-0.1, -0.05) is 18.2 Å². The molecule has 28 heavy (non-hydrogen) atoms. The molecule has 0 aliphatic carbocycles. The minimum absolute atomic E-state index is 0.0459. The van der Waals surface area contributed by atoms with E-state index in [1.165, 1.54) is 19.2 Å². The van der Waals surface area contributed by atoms with Crippen LogP contribution in [0.2, 0.25) is 0 Å². The largest absolute Gasteiger partial charge is 0.497 e. The zero-order chi connectivity index (χ0) is 20.5. The molecule has 1 aliphatic rings. The van der Waals surface area contributed by atoms with E-state index in [-0.39, 0.29) is 18.4 Å². The summed E-state index contributed by atoms with van der Waals surface area (Å²) in [7, 11) is 0.613. The highest BCUT2D eigenvalue weighted by molar-refractivity contribution is 6.62. The van der Waals surface area contributed by atoms with Crippen LogP contribution in [0.1, 0.15) is 43.6 Å². The smallest absolute Gasteiger partial charge is 0.480 e. The van der Waals surface area contributed by atoms with Crippen LogP contribution in [0.5, 0.6) is 11.8 Å². The molecule has 0 saturated carbocycles. The van der Waals surface area contributed by atoms with Crippen molar-refractivity contribution in [2.45, 2.75) is 45.5 Å². The first kappa shape index (κ1) is 20.3. The summed E-state index contributed by atoms with van der Waals surface area (Å²) in [6.45, 7) is 7.62. The zero-order valence-electron chi connectivity index (χ0n) is 16.6. The van der Waals surface area contributed by atoms with E-state index in [1.54, 1.807) is 18.2 Å². The average molecular weight is 387 g/mol. The van der Waals surface area contributed by atoms with Crippen LogP contribution in [0.25, 0.3) is 0 Å². The Bertz CT molecular complexity index is 871. The van der Waals surface area contributed by atoms with Gasteiger partial charge in [-0.3, -0.25) is 4.79 Å². The first-order valence-corrected chi connectivity index (χ1v) is 8.94. The lowest BCUT2D eigenvalue weighted by atomic mass is 9.78. The summed E-state index contributed by atoms with van der Waals surface area (Å²) in [5.74, 6) is -0.0701. The van der Waals surface area contributed by atoms with E-state index in [0.717, 1.165) is 0 Å². The van der Waals surface area contributed by atoms with Crippen LogP contribution in [0.3, 0.4) is 0 Å². The van der Waals surface area contributed by atoms with E-state index >= 15 is 4.39 Å². The number of hydrogen-bond acceptors (Lipinski definition) is 6. The van der Waals surface area contributed by atoms with E-state index in [2.05, 4.69) is 4.98 Å². The van der Waals surface area contributed by atoms with Crippen LogP contribution < -0.4 is 14.9 Å². The molecule has 1 aliphatic heterocycles. The number of benzene rings is 1. The predicted molar refractivity (Wildman–Crippen MR) is 103 cm³/mol. The maximum absolute atomic E-state index is 15.1. The van der Waals surface area contributed by atoms with Gasteiger partial charge < -0.3 is 18.8 Å². The van der Waals surface area contributed by atoms with Crippen molar-refractivity contribution in [2.75, 3.05) is 7.11 Å². The van der Waals surface area contributed by atoms with Gasteiger partial charge in [0.1, 0.15) is 12.4 Å². The maximum atomic E-state index is 15.1. The molecule has 0 radical (unpaired) electrons. The van der Waals surface area contributed by atoms with Gasteiger partial charge in [-0.05, 0) is 33.8 Å². The third kappa shape index (κ3) is 3.75. The Morgan fingerprint density at radius 2 is 1.82 bits per heavy atom. The summed E-state index contributed by atoms with van der Waals surface area (Å²) in [5.41, 5.74) is -0.146. The van der Waals surface area contributed by atoms with Crippen LogP contribution in [-0.4, -0.2) is 36.7 Å². The Hall–Kier alpha value is -2.45. The molecule has 1 saturated heterocycles. The lowest BCUT2D eigenvalue weighted by molar-refractivity contribution is 0.00578. The number of aromatic nitrogens is 1. The molecule has 1 fully saturated rings. The zero-order valence-corrected chi connectivity index (χ0v) is 16.6. The van der Waals surface area contributed by atoms with Gasteiger partial charge in [0.25, 0.3) is 0 Å². The lowest BCUT2D eigenvalue weighted by Crippen LogP contribution is -2.41. The summed E-state index contributed by atoms with van der Waals surface area (Å²) in [4.78, 5) is 15.0. The van der Waals surface area contributed by atoms with Gasteiger partial charge in [-0.15, -0.1) is 0 Å². The van der Waals surface area contributed by atoms with Crippen LogP contribution in [0.15, 0.2) is 30.3 Å². The molecular formula is C20H23BFNO5. The molecule has 6 nitrogen and oxygen atoms in total. The third-order valence-electron chi connectivity index (χ3n) is 5.18. The second kappa shape index (κ2) is 7.52. The number of aldehydes is 1. The van der Waals surface area contributed by atoms with E-state index in [4.69, 9.17) is 18.8 Å². The summed E-state index contributed by atoms with van der Waals surface area (Å²) in [5, 5.41) is 0. The molecule has 0 spiro atoms. The minimum Gasteiger partial charge on any atom is -0.480 e. The molecule has 0 amide bonds. The first-order valence-electron chi connectivity index (χ1n) is 8.94. The number of carbonyl (C=O) groups excluding carboxylic acids is 1. The van der Waals surface area contributed by atoms with Gasteiger partial charge >= 0.3 is 7.12 Å². The van der Waals surface area contributed by atoms with Crippen molar-refractivity contribution < 1.29 is 28.0 Å². The van der Waals surface area contributed by atoms with Gasteiger partial charge in [-0.25, -0.2) is 4.39 Å². The summed E-state index contributed by atoms with van der Waals surface area (Å²) in [6, 6.07) is 8.06. The fourth-order valence-electron chi connectivity index (χ4n) is 2.78. The van der Waals surface area contributed by atoms with Crippen molar-refractivity contribution >= 4 is 18.9 Å². The monoisotopic (exact) mass is 387 g/mol. The second-order valence-electron chi connectivity index (χ2n) is 7.56. The Labute approximate surface area is 164 Å². The molecule has 3 rings (SSSR count). The molecule has 0 unspecified atom stereocenters. The molecule has 1 aromatic carbocycles. The fourth-order valence-corrected chi connectivity index (χ4v) is 2.78. The maximum Gasteiger partial charge on any atom is 0.497 e. The molecule has 148 valence electrons. The number of rotatable bonds is 6. The molecule has 1 aromatic heterocycles. The van der Waals surface area contributed by atoms with Crippen LogP contribution in [0, 0.1) is 5.82 Å². The molecule has 0 atom stereocenters. The summed E-state index contributed by atoms with van der Waals surface area (Å²) >= 11 is 0. The van der Waals surface area contributed by atoms with Crippen molar-refractivity contribution in [3.63, 3.8) is 0 Å². The molecule has 0 bridgehead atoms. The topological polar surface area (TPSA) is 66.9 Å². The SMILES string of the molecule is COc1nc(OCc2cccc(B3OC(C)(C)C(C)(C)O3)c2F)ccc1C=O. The molecular weight excluding hydrogens is 364 g/mol. The van der Waals surface area contributed by atoms with Gasteiger partial charge in [0.05, 0.1) is 23.9 Å². The fraction of sp³-hybridized carbons (Fsp3) is 0.400. The van der Waals surface area contributed by atoms with Crippen LogP contribution in [0.4, 0.5) is 4.39 Å². The molecule has 2 aromatic rings. The van der Waals surface area contributed by atoms with Crippen molar-refractivity contribution in [3.8, 4) is 11.8 Å². The molecule has 2 heterocycles. The van der Waals surface area contributed by atoms with Crippen molar-refractivity contribution in [1.82, 2.24) is 4.98 Å². The van der Waals surface area contributed by atoms with E-state index in [1.807, 2.05) is 27.7 Å². The number of halogens is 1. The van der Waals surface area contributed by atoms with Crippen LogP contribution in [-0.2, 0) is 15.9 Å². The van der Waals surface area contributed by atoms with E-state index < -0.39 is 24.1 Å². The Morgan fingerprint density at radius 3 is 2.43 bits per heavy atom. The highest BCUT2D eigenvalue weighted by Crippen LogP contribution is 2.36. The van der Waals surface area contributed by atoms with E-state index in [9.17, 15) is 4.79 Å². The second-order valence-corrected chi connectivity index (χ2v) is 7.56. The number of nitrogens with zero attached hydrogens (tertiary/aromatic N) is 1. The number of hydrogen-bond donors (Lipinski definition) is 0. The summed E-state index contributed by atoms with van der Waals surface area (Å²) in [6.07, 6.45) is 0.642. The Balaban J connectivity index is 1.78. The first-order chi connectivity index (χ1) is 13.2.